The van der Waals surface area contributed by atoms with Crippen LogP contribution in [0.15, 0.2) is 41.3 Å². The van der Waals surface area contributed by atoms with Crippen LogP contribution in [0.4, 0.5) is 0 Å². The standard InChI is InChI=1S/C22H29NO6S/c1-5-26-18-9-7-16(13-20(18)27-6-2)22(15(3)4)23-30(24,25)17-8-10-19-21(14-17)29-12-11-28-19/h7-10,13-15,22-23H,5-6,11-12H2,1-4H3. The topological polar surface area (TPSA) is 83.1 Å². The van der Waals surface area contributed by atoms with E-state index in [0.717, 1.165) is 5.56 Å². The predicted octanol–water partition coefficient (Wildman–Crippen LogP) is 3.93. The van der Waals surface area contributed by atoms with Crippen molar-refractivity contribution in [1.29, 1.82) is 0 Å². The lowest BCUT2D eigenvalue weighted by Gasteiger charge is -2.24. The number of hydrogen-bond acceptors (Lipinski definition) is 6. The summed E-state index contributed by atoms with van der Waals surface area (Å²) in [5.41, 5.74) is 0.804. The van der Waals surface area contributed by atoms with Gasteiger partial charge in [-0.25, -0.2) is 13.1 Å². The van der Waals surface area contributed by atoms with Crippen molar-refractivity contribution in [1.82, 2.24) is 4.72 Å². The van der Waals surface area contributed by atoms with Crippen molar-refractivity contribution >= 4 is 10.0 Å². The molecule has 30 heavy (non-hydrogen) atoms. The average molecular weight is 436 g/mol. The van der Waals surface area contributed by atoms with Crippen molar-refractivity contribution < 1.29 is 27.4 Å². The molecule has 1 aliphatic rings. The molecule has 0 saturated heterocycles. The third-order valence-electron chi connectivity index (χ3n) is 4.70. The number of nitrogens with one attached hydrogen (secondary N) is 1. The fourth-order valence-corrected chi connectivity index (χ4v) is 4.66. The molecule has 1 atom stereocenters. The van der Waals surface area contributed by atoms with Crippen LogP contribution in [0.2, 0.25) is 0 Å². The summed E-state index contributed by atoms with van der Waals surface area (Å²) in [5.74, 6) is 2.23. The van der Waals surface area contributed by atoms with E-state index in [1.165, 1.54) is 12.1 Å². The van der Waals surface area contributed by atoms with E-state index in [1.807, 2.05) is 45.9 Å². The maximum Gasteiger partial charge on any atom is 0.241 e. The fourth-order valence-electron chi connectivity index (χ4n) is 3.28. The molecule has 1 heterocycles. The van der Waals surface area contributed by atoms with Crippen LogP contribution in [0.5, 0.6) is 23.0 Å². The number of hydrogen-bond donors (Lipinski definition) is 1. The molecule has 164 valence electrons. The average Bonchev–Trinajstić information content (AvgIpc) is 2.73. The van der Waals surface area contributed by atoms with Gasteiger partial charge >= 0.3 is 0 Å². The Morgan fingerprint density at radius 1 is 0.933 bits per heavy atom. The van der Waals surface area contributed by atoms with Gasteiger partial charge in [0.1, 0.15) is 13.2 Å². The van der Waals surface area contributed by atoms with Crippen LogP contribution >= 0.6 is 0 Å². The Morgan fingerprint density at radius 2 is 1.60 bits per heavy atom. The van der Waals surface area contributed by atoms with Crippen LogP contribution in [0, 0.1) is 5.92 Å². The van der Waals surface area contributed by atoms with Crippen LogP contribution in [-0.4, -0.2) is 34.8 Å². The largest absolute Gasteiger partial charge is 0.490 e. The molecule has 0 saturated carbocycles. The van der Waals surface area contributed by atoms with Crippen LogP contribution < -0.4 is 23.7 Å². The van der Waals surface area contributed by atoms with Gasteiger partial charge < -0.3 is 18.9 Å². The number of benzene rings is 2. The lowest BCUT2D eigenvalue weighted by atomic mass is 9.97. The second-order valence-corrected chi connectivity index (χ2v) is 8.93. The molecule has 0 spiro atoms. The van der Waals surface area contributed by atoms with Gasteiger partial charge in [0, 0.05) is 12.1 Å². The minimum Gasteiger partial charge on any atom is -0.490 e. The Labute approximate surface area is 178 Å². The molecule has 2 aromatic carbocycles. The molecular weight excluding hydrogens is 406 g/mol. The first-order chi connectivity index (χ1) is 14.4. The summed E-state index contributed by atoms with van der Waals surface area (Å²) in [6.07, 6.45) is 0. The van der Waals surface area contributed by atoms with Crippen LogP contribution in [0.3, 0.4) is 0 Å². The van der Waals surface area contributed by atoms with E-state index in [0.29, 0.717) is 49.4 Å². The second kappa shape index (κ2) is 9.57. The highest BCUT2D eigenvalue weighted by atomic mass is 32.2. The minimum absolute atomic E-state index is 0.00408. The van der Waals surface area contributed by atoms with Crippen LogP contribution in [0.1, 0.15) is 39.3 Å². The van der Waals surface area contributed by atoms with E-state index in [9.17, 15) is 8.42 Å². The van der Waals surface area contributed by atoms with Crippen LogP contribution in [-0.2, 0) is 10.0 Å². The van der Waals surface area contributed by atoms with Crippen molar-refractivity contribution in [2.75, 3.05) is 26.4 Å². The molecule has 7 nitrogen and oxygen atoms in total. The third kappa shape index (κ3) is 4.99. The van der Waals surface area contributed by atoms with Crippen molar-refractivity contribution in [3.8, 4) is 23.0 Å². The SMILES string of the molecule is CCOc1ccc(C(NS(=O)(=O)c2ccc3c(c2)OCCO3)C(C)C)cc1OCC. The highest BCUT2D eigenvalue weighted by Crippen LogP contribution is 2.35. The second-order valence-electron chi connectivity index (χ2n) is 7.22. The van der Waals surface area contributed by atoms with Gasteiger partial charge in [-0.15, -0.1) is 0 Å². The molecule has 3 rings (SSSR count). The van der Waals surface area contributed by atoms with Crippen molar-refractivity contribution in [2.24, 2.45) is 5.92 Å². The summed E-state index contributed by atoms with van der Waals surface area (Å²) in [6, 6.07) is 9.72. The molecule has 1 aliphatic heterocycles. The monoisotopic (exact) mass is 435 g/mol. The zero-order chi connectivity index (χ0) is 21.7. The Kier molecular flexibility index (Phi) is 7.10. The first-order valence-electron chi connectivity index (χ1n) is 10.2. The van der Waals surface area contributed by atoms with E-state index in [1.54, 1.807) is 6.07 Å². The minimum atomic E-state index is -3.79. The quantitative estimate of drug-likeness (QED) is 0.643. The smallest absolute Gasteiger partial charge is 0.241 e. The van der Waals surface area contributed by atoms with Gasteiger partial charge in [-0.3, -0.25) is 0 Å². The van der Waals surface area contributed by atoms with E-state index in [4.69, 9.17) is 18.9 Å². The molecule has 0 radical (unpaired) electrons. The third-order valence-corrected chi connectivity index (χ3v) is 6.14. The Hall–Kier alpha value is -2.45. The maximum absolute atomic E-state index is 13.1. The van der Waals surface area contributed by atoms with E-state index < -0.39 is 16.1 Å². The summed E-state index contributed by atoms with van der Waals surface area (Å²) >= 11 is 0. The molecule has 8 heteroatoms. The molecule has 0 amide bonds. The first-order valence-corrected chi connectivity index (χ1v) is 11.7. The Bertz CT molecular complexity index is 974. The summed E-state index contributed by atoms with van der Waals surface area (Å²) < 4.78 is 51.4. The molecule has 0 fully saturated rings. The normalized spacial score (nSPS) is 14.4. The lowest BCUT2D eigenvalue weighted by Crippen LogP contribution is -2.32. The predicted molar refractivity (Wildman–Crippen MR) is 114 cm³/mol. The number of sulfonamides is 1. The van der Waals surface area contributed by atoms with E-state index in [2.05, 4.69) is 4.72 Å². The summed E-state index contributed by atoms with van der Waals surface area (Å²) in [6.45, 7) is 9.58. The van der Waals surface area contributed by atoms with E-state index in [-0.39, 0.29) is 10.8 Å². The highest BCUT2D eigenvalue weighted by molar-refractivity contribution is 7.89. The van der Waals surface area contributed by atoms with Gasteiger partial charge in [0.15, 0.2) is 23.0 Å². The highest BCUT2D eigenvalue weighted by Gasteiger charge is 2.26. The molecular formula is C22H29NO6S. The molecule has 0 bridgehead atoms. The molecule has 1 unspecified atom stereocenters. The van der Waals surface area contributed by atoms with Gasteiger partial charge in [-0.1, -0.05) is 19.9 Å². The van der Waals surface area contributed by atoms with Crippen molar-refractivity contribution in [3.63, 3.8) is 0 Å². The van der Waals surface area contributed by atoms with Crippen LogP contribution in [0.25, 0.3) is 0 Å². The summed E-state index contributed by atoms with van der Waals surface area (Å²) in [7, 11) is -3.79. The van der Waals surface area contributed by atoms with Crippen molar-refractivity contribution in [2.45, 2.75) is 38.6 Å². The fraction of sp³-hybridized carbons (Fsp3) is 0.455. The summed E-state index contributed by atoms with van der Waals surface area (Å²) in [4.78, 5) is 0.133. The first kappa shape index (κ1) is 22.2. The Morgan fingerprint density at radius 3 is 2.27 bits per heavy atom. The number of fused-ring (bicyclic) bond motifs is 1. The van der Waals surface area contributed by atoms with Gasteiger partial charge in [-0.2, -0.15) is 0 Å². The number of rotatable bonds is 9. The summed E-state index contributed by atoms with van der Waals surface area (Å²) in [5, 5.41) is 0. The van der Waals surface area contributed by atoms with Gasteiger partial charge in [0.2, 0.25) is 10.0 Å². The van der Waals surface area contributed by atoms with Gasteiger partial charge in [0.05, 0.1) is 18.1 Å². The molecule has 0 aliphatic carbocycles. The zero-order valence-electron chi connectivity index (χ0n) is 17.8. The van der Waals surface area contributed by atoms with Crippen molar-refractivity contribution in [3.05, 3.63) is 42.0 Å². The van der Waals surface area contributed by atoms with Gasteiger partial charge in [-0.05, 0) is 49.6 Å². The Balaban J connectivity index is 1.90. The zero-order valence-corrected chi connectivity index (χ0v) is 18.6. The lowest BCUT2D eigenvalue weighted by molar-refractivity contribution is 0.171. The molecule has 1 N–H and O–H groups in total. The van der Waals surface area contributed by atoms with E-state index >= 15 is 0 Å². The maximum atomic E-state index is 13.1. The van der Waals surface area contributed by atoms with Gasteiger partial charge in [0.25, 0.3) is 0 Å². The number of ether oxygens (including phenoxy) is 4. The molecule has 0 aromatic heterocycles. The molecule has 2 aromatic rings.